The normalized spacial score (nSPS) is 27.2. The minimum atomic E-state index is -2.92. The average Bonchev–Trinajstić information content (AvgIpc) is 2.64. The highest BCUT2D eigenvalue weighted by molar-refractivity contribution is 6.21. The number of esters is 1. The molecule has 2 atom stereocenters. The molecular weight excluding hydrogens is 338 g/mol. The van der Waals surface area contributed by atoms with Crippen LogP contribution in [0.25, 0.3) is 0 Å². The van der Waals surface area contributed by atoms with E-state index in [1.54, 1.807) is 23.2 Å². The lowest BCUT2D eigenvalue weighted by atomic mass is 9.73. The molecule has 1 aromatic rings. The van der Waals surface area contributed by atoms with Gasteiger partial charge in [0.25, 0.3) is 5.92 Å². The van der Waals surface area contributed by atoms with Crippen LogP contribution in [-0.2, 0) is 4.74 Å². The average molecular weight is 359 g/mol. The van der Waals surface area contributed by atoms with E-state index in [9.17, 15) is 13.6 Å². The number of ether oxygens (including phenoxy) is 1. The summed E-state index contributed by atoms with van der Waals surface area (Å²) in [5, 5.41) is -1.18. The molecule has 1 aliphatic heterocycles. The maximum atomic E-state index is 14.4. The Morgan fingerprint density at radius 3 is 2.83 bits per heavy atom. The Bertz CT molecular complexity index is 610. The number of carbonyl (C=O) groups is 1. The van der Waals surface area contributed by atoms with Gasteiger partial charge in [0, 0.05) is 31.6 Å². The number of pyridine rings is 1. The number of carbonyl (C=O) groups excluding carboxylic acids is 1. The number of alkyl halides is 3. The number of nitrogens with zero attached hydrogens (tertiary/aromatic N) is 2. The van der Waals surface area contributed by atoms with Gasteiger partial charge in [0.1, 0.15) is 16.8 Å². The lowest BCUT2D eigenvalue weighted by Gasteiger charge is -2.38. The molecule has 2 unspecified atom stereocenters. The van der Waals surface area contributed by atoms with Gasteiger partial charge in [-0.3, -0.25) is 0 Å². The van der Waals surface area contributed by atoms with Crippen molar-refractivity contribution in [1.82, 2.24) is 4.98 Å². The highest BCUT2D eigenvalue weighted by Gasteiger charge is 2.49. The zero-order valence-electron chi connectivity index (χ0n) is 13.6. The van der Waals surface area contributed by atoms with Gasteiger partial charge in [-0.1, -0.05) is 19.3 Å². The SMILES string of the molecule is COC(=O)c1cccnc1N1CCC(F)(F)C(Cl)C(C2CCC2)C1. The third-order valence-corrected chi connectivity index (χ3v) is 5.82. The number of methoxy groups -OCH3 is 1. The zero-order chi connectivity index (χ0) is 17.3. The molecule has 2 heterocycles. The third kappa shape index (κ3) is 3.21. The highest BCUT2D eigenvalue weighted by Crippen LogP contribution is 2.45. The quantitative estimate of drug-likeness (QED) is 0.610. The van der Waals surface area contributed by atoms with Crippen molar-refractivity contribution in [3.8, 4) is 0 Å². The van der Waals surface area contributed by atoms with Crippen molar-refractivity contribution in [2.24, 2.45) is 11.8 Å². The molecule has 7 heteroatoms. The Kier molecular flexibility index (Phi) is 4.95. The van der Waals surface area contributed by atoms with E-state index in [1.165, 1.54) is 7.11 Å². The van der Waals surface area contributed by atoms with Gasteiger partial charge in [0.05, 0.1) is 7.11 Å². The van der Waals surface area contributed by atoms with Gasteiger partial charge in [-0.2, -0.15) is 0 Å². The van der Waals surface area contributed by atoms with Crippen LogP contribution in [0, 0.1) is 11.8 Å². The molecule has 2 aliphatic rings. The summed E-state index contributed by atoms with van der Waals surface area (Å²) in [7, 11) is 1.29. The van der Waals surface area contributed by atoms with Gasteiger partial charge in [-0.05, 0) is 18.1 Å². The van der Waals surface area contributed by atoms with E-state index < -0.39 is 17.3 Å². The molecule has 24 heavy (non-hydrogen) atoms. The Morgan fingerprint density at radius 2 is 2.21 bits per heavy atom. The molecule has 132 valence electrons. The Balaban J connectivity index is 1.92. The minimum Gasteiger partial charge on any atom is -0.465 e. The fraction of sp³-hybridized carbons (Fsp3) is 0.647. The van der Waals surface area contributed by atoms with Crippen LogP contribution in [0.15, 0.2) is 18.3 Å². The molecule has 0 spiro atoms. The summed E-state index contributed by atoms with van der Waals surface area (Å²) < 4.78 is 33.5. The molecule has 2 fully saturated rings. The van der Waals surface area contributed by atoms with Crippen molar-refractivity contribution in [1.29, 1.82) is 0 Å². The zero-order valence-corrected chi connectivity index (χ0v) is 14.3. The lowest BCUT2D eigenvalue weighted by molar-refractivity contribution is -0.0280. The van der Waals surface area contributed by atoms with Crippen LogP contribution in [0.4, 0.5) is 14.6 Å². The molecule has 0 radical (unpaired) electrons. The van der Waals surface area contributed by atoms with Crippen molar-refractivity contribution in [2.45, 2.75) is 37.0 Å². The molecule has 0 aromatic carbocycles. The van der Waals surface area contributed by atoms with E-state index >= 15 is 0 Å². The van der Waals surface area contributed by atoms with Crippen LogP contribution in [0.1, 0.15) is 36.0 Å². The Morgan fingerprint density at radius 1 is 1.46 bits per heavy atom. The second-order valence-corrected chi connectivity index (χ2v) is 7.05. The Hall–Kier alpha value is -1.43. The number of aromatic nitrogens is 1. The van der Waals surface area contributed by atoms with E-state index in [1.807, 2.05) is 0 Å². The second-order valence-electron chi connectivity index (χ2n) is 6.58. The third-order valence-electron chi connectivity index (χ3n) is 5.17. The van der Waals surface area contributed by atoms with Crippen LogP contribution >= 0.6 is 11.6 Å². The number of rotatable bonds is 3. The molecular formula is C17H21ClF2N2O2. The second kappa shape index (κ2) is 6.82. The van der Waals surface area contributed by atoms with Crippen LogP contribution in [0.5, 0.6) is 0 Å². The molecule has 0 bridgehead atoms. The molecule has 1 aliphatic carbocycles. The summed E-state index contributed by atoms with van der Waals surface area (Å²) in [6, 6.07) is 3.24. The first kappa shape index (κ1) is 17.4. The van der Waals surface area contributed by atoms with Gasteiger partial charge in [0.15, 0.2) is 0 Å². The van der Waals surface area contributed by atoms with Crippen molar-refractivity contribution in [3.63, 3.8) is 0 Å². The summed E-state index contributed by atoms with van der Waals surface area (Å²) in [5.41, 5.74) is 0.295. The summed E-state index contributed by atoms with van der Waals surface area (Å²) >= 11 is 6.18. The van der Waals surface area contributed by atoms with Crippen LogP contribution < -0.4 is 4.90 Å². The molecule has 3 rings (SSSR count). The summed E-state index contributed by atoms with van der Waals surface area (Å²) in [6.45, 7) is 0.496. The topological polar surface area (TPSA) is 42.4 Å². The van der Waals surface area contributed by atoms with Gasteiger partial charge in [-0.15, -0.1) is 11.6 Å². The summed E-state index contributed by atoms with van der Waals surface area (Å²) in [5.74, 6) is -3.14. The minimum absolute atomic E-state index is 0.112. The number of anilines is 1. The first-order valence-corrected chi connectivity index (χ1v) is 8.68. The first-order valence-electron chi connectivity index (χ1n) is 8.24. The molecule has 1 saturated heterocycles. The van der Waals surface area contributed by atoms with E-state index in [4.69, 9.17) is 16.3 Å². The van der Waals surface area contributed by atoms with Gasteiger partial charge >= 0.3 is 5.97 Å². The van der Waals surface area contributed by atoms with Crippen molar-refractivity contribution < 1.29 is 18.3 Å². The van der Waals surface area contributed by atoms with Gasteiger partial charge in [0.2, 0.25) is 0 Å². The van der Waals surface area contributed by atoms with Crippen LogP contribution in [0.2, 0.25) is 0 Å². The molecule has 4 nitrogen and oxygen atoms in total. The van der Waals surface area contributed by atoms with E-state index in [0.717, 1.165) is 19.3 Å². The maximum absolute atomic E-state index is 14.4. The molecule has 1 aromatic heterocycles. The van der Waals surface area contributed by atoms with Crippen molar-refractivity contribution in [2.75, 3.05) is 25.1 Å². The van der Waals surface area contributed by atoms with Gasteiger partial charge in [-0.25, -0.2) is 18.6 Å². The fourth-order valence-corrected chi connectivity index (χ4v) is 3.93. The van der Waals surface area contributed by atoms with E-state index in [0.29, 0.717) is 17.9 Å². The smallest absolute Gasteiger partial charge is 0.341 e. The summed E-state index contributed by atoms with van der Waals surface area (Å²) in [4.78, 5) is 18.0. The molecule has 0 amide bonds. The molecule has 0 N–H and O–H groups in total. The van der Waals surface area contributed by atoms with Crippen molar-refractivity contribution in [3.05, 3.63) is 23.9 Å². The maximum Gasteiger partial charge on any atom is 0.341 e. The lowest BCUT2D eigenvalue weighted by Crippen LogP contribution is -2.42. The van der Waals surface area contributed by atoms with Crippen molar-refractivity contribution >= 4 is 23.4 Å². The Labute approximate surface area is 145 Å². The van der Waals surface area contributed by atoms with Crippen LogP contribution in [0.3, 0.4) is 0 Å². The first-order chi connectivity index (χ1) is 11.4. The van der Waals surface area contributed by atoms with Crippen LogP contribution in [-0.4, -0.2) is 42.5 Å². The monoisotopic (exact) mass is 358 g/mol. The number of halogens is 3. The predicted molar refractivity (Wildman–Crippen MR) is 87.8 cm³/mol. The fourth-order valence-electron chi connectivity index (χ4n) is 3.54. The van der Waals surface area contributed by atoms with E-state index in [2.05, 4.69) is 4.98 Å². The number of hydrogen-bond donors (Lipinski definition) is 0. The summed E-state index contributed by atoms with van der Waals surface area (Å²) in [6.07, 6.45) is 4.14. The van der Waals surface area contributed by atoms with E-state index in [-0.39, 0.29) is 24.8 Å². The standard InChI is InChI=1S/C17H21ClF2N2O2/c1-24-16(23)12-6-3-8-21-15(12)22-9-7-17(19,20)14(18)13(10-22)11-4-2-5-11/h3,6,8,11,13-14H,2,4-5,7,9-10H2,1H3. The predicted octanol–water partition coefficient (Wildman–Crippen LogP) is 3.74. The van der Waals surface area contributed by atoms with Gasteiger partial charge < -0.3 is 9.64 Å². The highest BCUT2D eigenvalue weighted by atomic mass is 35.5. The largest absolute Gasteiger partial charge is 0.465 e. The number of hydrogen-bond acceptors (Lipinski definition) is 4. The molecule has 1 saturated carbocycles.